The third-order valence-electron chi connectivity index (χ3n) is 3.64. The van der Waals surface area contributed by atoms with Crippen molar-refractivity contribution >= 4 is 34.5 Å². The summed E-state index contributed by atoms with van der Waals surface area (Å²) in [5.41, 5.74) is 0.801. The molecule has 0 unspecified atom stereocenters. The van der Waals surface area contributed by atoms with Crippen molar-refractivity contribution in [1.29, 1.82) is 5.26 Å². The lowest BCUT2D eigenvalue weighted by Crippen LogP contribution is -2.00. The lowest BCUT2D eigenvalue weighted by molar-refractivity contribution is 0.104. The number of thiophene rings is 2. The van der Waals surface area contributed by atoms with Gasteiger partial charge in [-0.15, -0.1) is 22.7 Å². The van der Waals surface area contributed by atoms with Gasteiger partial charge in [-0.25, -0.2) is 0 Å². The van der Waals surface area contributed by atoms with E-state index in [0.717, 1.165) is 4.88 Å². The molecule has 0 N–H and O–H groups in total. The molecule has 0 aliphatic heterocycles. The minimum atomic E-state index is -0.275. The van der Waals surface area contributed by atoms with Crippen LogP contribution in [0.2, 0.25) is 0 Å². The molecule has 3 rings (SSSR count). The maximum absolute atomic E-state index is 12.4. The summed E-state index contributed by atoms with van der Waals surface area (Å²) in [6.07, 6.45) is 1.58. The summed E-state index contributed by atoms with van der Waals surface area (Å²) in [4.78, 5) is 14.1. The zero-order valence-corrected chi connectivity index (χ0v) is 16.3. The molecule has 0 saturated heterocycles. The van der Waals surface area contributed by atoms with Crippen molar-refractivity contribution in [2.24, 2.45) is 0 Å². The van der Waals surface area contributed by atoms with Gasteiger partial charge in [0.25, 0.3) is 0 Å². The van der Waals surface area contributed by atoms with Crippen molar-refractivity contribution in [3.05, 3.63) is 74.1 Å². The molecule has 0 aliphatic rings. The van der Waals surface area contributed by atoms with Gasteiger partial charge in [0, 0.05) is 4.88 Å². The van der Waals surface area contributed by atoms with Gasteiger partial charge in [0.15, 0.2) is 11.5 Å². The zero-order valence-electron chi connectivity index (χ0n) is 14.7. The lowest BCUT2D eigenvalue weighted by Gasteiger charge is -2.12. The standard InChI is InChI=1S/C21H17NO3S2/c1-2-24-19-12-15(7-8-18(19)25-14-17-5-3-9-26-17)11-16(13-22)21(23)20-6-4-10-27-20/h3-12H,2,14H2,1H3/b16-11+. The van der Waals surface area contributed by atoms with Crippen LogP contribution in [0.15, 0.2) is 58.8 Å². The average molecular weight is 396 g/mol. The van der Waals surface area contributed by atoms with E-state index >= 15 is 0 Å². The number of carbonyl (C=O) groups is 1. The number of allylic oxidation sites excluding steroid dienone is 1. The summed E-state index contributed by atoms with van der Waals surface area (Å²) in [5.74, 6) is 0.942. The molecule has 2 aromatic heterocycles. The molecular formula is C21H17NO3S2. The van der Waals surface area contributed by atoms with Crippen molar-refractivity contribution in [3.63, 3.8) is 0 Å². The molecule has 0 radical (unpaired) electrons. The number of hydrogen-bond donors (Lipinski definition) is 0. The molecule has 0 aliphatic carbocycles. The van der Waals surface area contributed by atoms with E-state index in [1.54, 1.807) is 41.7 Å². The molecule has 4 nitrogen and oxygen atoms in total. The van der Waals surface area contributed by atoms with Crippen LogP contribution in [0.25, 0.3) is 6.08 Å². The Balaban J connectivity index is 1.83. The first-order valence-electron chi connectivity index (χ1n) is 8.33. The van der Waals surface area contributed by atoms with Gasteiger partial charge in [-0.1, -0.05) is 18.2 Å². The highest BCUT2D eigenvalue weighted by molar-refractivity contribution is 7.12. The Bertz CT molecular complexity index is 968. The first kappa shape index (κ1) is 18.9. The number of hydrogen-bond acceptors (Lipinski definition) is 6. The second-order valence-corrected chi connectivity index (χ2v) is 7.46. The molecular weight excluding hydrogens is 378 g/mol. The summed E-state index contributed by atoms with van der Waals surface area (Å²) in [6.45, 7) is 2.85. The molecule has 0 fully saturated rings. The van der Waals surface area contributed by atoms with Gasteiger partial charge >= 0.3 is 0 Å². The highest BCUT2D eigenvalue weighted by atomic mass is 32.1. The fourth-order valence-electron chi connectivity index (χ4n) is 2.40. The van der Waals surface area contributed by atoms with Crippen LogP contribution in [0.1, 0.15) is 27.0 Å². The SMILES string of the molecule is CCOc1cc(/C=C(\C#N)C(=O)c2cccs2)ccc1OCc1cccs1. The van der Waals surface area contributed by atoms with E-state index in [1.165, 1.54) is 11.3 Å². The highest BCUT2D eigenvalue weighted by Gasteiger charge is 2.14. The quantitative estimate of drug-likeness (QED) is 0.284. The molecule has 27 heavy (non-hydrogen) atoms. The van der Waals surface area contributed by atoms with Gasteiger partial charge in [-0.05, 0) is 53.6 Å². The number of ketones is 1. The van der Waals surface area contributed by atoms with E-state index in [4.69, 9.17) is 9.47 Å². The summed E-state index contributed by atoms with van der Waals surface area (Å²) in [5, 5.41) is 13.2. The molecule has 0 bridgehead atoms. The van der Waals surface area contributed by atoms with Gasteiger partial charge in [-0.2, -0.15) is 5.26 Å². The van der Waals surface area contributed by atoms with Crippen LogP contribution in [-0.2, 0) is 6.61 Å². The fourth-order valence-corrected chi connectivity index (χ4v) is 3.70. The first-order valence-corrected chi connectivity index (χ1v) is 10.1. The van der Waals surface area contributed by atoms with Crippen LogP contribution in [0.3, 0.4) is 0 Å². The Labute approximate surface area is 165 Å². The molecule has 2 heterocycles. The molecule has 0 spiro atoms. The third-order valence-corrected chi connectivity index (χ3v) is 5.36. The molecule has 0 amide bonds. The molecule has 0 atom stereocenters. The maximum atomic E-state index is 12.4. The minimum Gasteiger partial charge on any atom is -0.490 e. The van der Waals surface area contributed by atoms with Crippen molar-refractivity contribution in [1.82, 2.24) is 0 Å². The van der Waals surface area contributed by atoms with Crippen LogP contribution >= 0.6 is 22.7 Å². The fraction of sp³-hybridized carbons (Fsp3) is 0.143. The number of benzene rings is 1. The number of rotatable bonds is 8. The van der Waals surface area contributed by atoms with E-state index < -0.39 is 0 Å². The number of Topliss-reactive ketones (excluding diaryl/α,β-unsaturated/α-hetero) is 1. The predicted molar refractivity (Wildman–Crippen MR) is 109 cm³/mol. The Morgan fingerprint density at radius 1 is 1.11 bits per heavy atom. The summed E-state index contributed by atoms with van der Waals surface area (Å²) in [7, 11) is 0. The normalized spacial score (nSPS) is 11.0. The smallest absolute Gasteiger partial charge is 0.213 e. The molecule has 3 aromatic rings. The van der Waals surface area contributed by atoms with Crippen LogP contribution in [0, 0.1) is 11.3 Å². The Morgan fingerprint density at radius 2 is 1.93 bits per heavy atom. The minimum absolute atomic E-state index is 0.0900. The van der Waals surface area contributed by atoms with Gasteiger partial charge in [0.1, 0.15) is 18.2 Å². The maximum Gasteiger partial charge on any atom is 0.213 e. The van der Waals surface area contributed by atoms with Crippen molar-refractivity contribution in [2.75, 3.05) is 6.61 Å². The Hall–Kier alpha value is -2.88. The van der Waals surface area contributed by atoms with Gasteiger partial charge in [0.05, 0.1) is 11.5 Å². The van der Waals surface area contributed by atoms with Crippen LogP contribution in [0.5, 0.6) is 11.5 Å². The molecule has 6 heteroatoms. The molecule has 1 aromatic carbocycles. The first-order chi connectivity index (χ1) is 13.2. The third kappa shape index (κ3) is 4.85. The Morgan fingerprint density at radius 3 is 2.59 bits per heavy atom. The van der Waals surface area contributed by atoms with E-state index in [0.29, 0.717) is 35.2 Å². The second kappa shape index (κ2) is 9.17. The summed E-state index contributed by atoms with van der Waals surface area (Å²) >= 11 is 2.95. The van der Waals surface area contributed by atoms with Crippen molar-refractivity contribution < 1.29 is 14.3 Å². The van der Waals surface area contributed by atoms with Crippen LogP contribution < -0.4 is 9.47 Å². The number of ether oxygens (including phenoxy) is 2. The second-order valence-electron chi connectivity index (χ2n) is 5.48. The summed E-state index contributed by atoms with van der Waals surface area (Å²) < 4.78 is 11.5. The average Bonchev–Trinajstić information content (AvgIpc) is 3.39. The number of nitriles is 1. The van der Waals surface area contributed by atoms with E-state index in [2.05, 4.69) is 0 Å². The number of carbonyl (C=O) groups excluding carboxylic acids is 1. The highest BCUT2D eigenvalue weighted by Crippen LogP contribution is 2.31. The van der Waals surface area contributed by atoms with Crippen molar-refractivity contribution in [3.8, 4) is 17.6 Å². The van der Waals surface area contributed by atoms with Crippen LogP contribution in [-0.4, -0.2) is 12.4 Å². The predicted octanol–water partition coefficient (Wildman–Crippen LogP) is 5.58. The van der Waals surface area contributed by atoms with E-state index in [-0.39, 0.29) is 11.4 Å². The van der Waals surface area contributed by atoms with E-state index in [9.17, 15) is 10.1 Å². The van der Waals surface area contributed by atoms with Gasteiger partial charge in [-0.3, -0.25) is 4.79 Å². The largest absolute Gasteiger partial charge is 0.490 e. The Kier molecular flexibility index (Phi) is 6.42. The van der Waals surface area contributed by atoms with Gasteiger partial charge in [0.2, 0.25) is 5.78 Å². The van der Waals surface area contributed by atoms with E-state index in [1.807, 2.05) is 42.0 Å². The summed E-state index contributed by atoms with van der Waals surface area (Å²) in [6, 6.07) is 14.9. The van der Waals surface area contributed by atoms with Gasteiger partial charge < -0.3 is 9.47 Å². The molecule has 0 saturated carbocycles. The van der Waals surface area contributed by atoms with Crippen molar-refractivity contribution in [2.45, 2.75) is 13.5 Å². The topological polar surface area (TPSA) is 59.3 Å². The lowest BCUT2D eigenvalue weighted by atomic mass is 10.1. The van der Waals surface area contributed by atoms with Crippen LogP contribution in [0.4, 0.5) is 0 Å². The zero-order chi connectivity index (χ0) is 19.1. The monoisotopic (exact) mass is 395 g/mol. The number of nitrogens with zero attached hydrogens (tertiary/aromatic N) is 1. The molecule has 136 valence electrons.